The Hall–Kier alpha value is -1.40. The van der Waals surface area contributed by atoms with Gasteiger partial charge in [0, 0.05) is 11.7 Å². The van der Waals surface area contributed by atoms with Crippen LogP contribution >= 0.6 is 0 Å². The van der Waals surface area contributed by atoms with Gasteiger partial charge in [-0.3, -0.25) is 9.78 Å². The van der Waals surface area contributed by atoms with Crippen LogP contribution in [0.3, 0.4) is 0 Å². The molecule has 0 radical (unpaired) electrons. The minimum atomic E-state index is -0.534. The van der Waals surface area contributed by atoms with Gasteiger partial charge in [0.05, 0.1) is 29.0 Å². The van der Waals surface area contributed by atoms with E-state index >= 15 is 0 Å². The zero-order valence-corrected chi connectivity index (χ0v) is 12.7. The summed E-state index contributed by atoms with van der Waals surface area (Å²) in [7, 11) is -0.534. The molecule has 1 fully saturated rings. The molecule has 20 heavy (non-hydrogen) atoms. The molecule has 0 saturated carbocycles. The van der Waals surface area contributed by atoms with Gasteiger partial charge in [-0.05, 0) is 40.7 Å². The maximum absolute atomic E-state index is 11.2. The molecule has 0 unspecified atom stereocenters. The van der Waals surface area contributed by atoms with Crippen molar-refractivity contribution in [3.8, 4) is 0 Å². The van der Waals surface area contributed by atoms with E-state index in [2.05, 4.69) is 4.98 Å². The highest BCUT2D eigenvalue weighted by molar-refractivity contribution is 6.63. The normalized spacial score (nSPS) is 20.1. The van der Waals surface area contributed by atoms with Crippen LogP contribution in [0.15, 0.2) is 12.3 Å². The fourth-order valence-electron chi connectivity index (χ4n) is 2.09. The summed E-state index contributed by atoms with van der Waals surface area (Å²) in [6.45, 7) is 9.46. The molecule has 0 atom stereocenters. The first-order chi connectivity index (χ1) is 9.14. The predicted molar refractivity (Wildman–Crippen MR) is 78.8 cm³/mol. The van der Waals surface area contributed by atoms with Crippen molar-refractivity contribution in [2.24, 2.45) is 0 Å². The molecule has 0 aliphatic carbocycles. The maximum Gasteiger partial charge on any atom is 0.497 e. The Morgan fingerprint density at radius 2 is 1.85 bits per heavy atom. The zero-order chi connectivity index (χ0) is 15.1. The maximum atomic E-state index is 11.2. The molecule has 1 aromatic heterocycles. The summed E-state index contributed by atoms with van der Waals surface area (Å²) < 4.78 is 12.0. The molecule has 5 nitrogen and oxygen atoms in total. The van der Waals surface area contributed by atoms with Crippen molar-refractivity contribution in [1.82, 2.24) is 4.98 Å². The largest absolute Gasteiger partial charge is 0.497 e. The lowest BCUT2D eigenvalue weighted by Crippen LogP contribution is -2.41. The summed E-state index contributed by atoms with van der Waals surface area (Å²) in [5.41, 5.74) is 7.05. The van der Waals surface area contributed by atoms with Crippen LogP contribution in [-0.4, -0.2) is 29.1 Å². The highest BCUT2D eigenvalue weighted by Gasteiger charge is 2.52. The monoisotopic (exact) mass is 276 g/mol. The lowest BCUT2D eigenvalue weighted by Gasteiger charge is -2.32. The number of ketones is 1. The van der Waals surface area contributed by atoms with Crippen LogP contribution in [0.5, 0.6) is 0 Å². The number of hydrogen-bond donors (Lipinski definition) is 1. The summed E-state index contributed by atoms with van der Waals surface area (Å²) in [6, 6.07) is 1.78. The molecular formula is C14H21BN2O3. The lowest BCUT2D eigenvalue weighted by atomic mass is 9.77. The minimum Gasteiger partial charge on any atom is -0.399 e. The number of carbonyl (C=O) groups excluding carboxylic acids is 1. The number of nitrogens with zero attached hydrogens (tertiary/aromatic N) is 1. The van der Waals surface area contributed by atoms with Crippen LogP contribution in [0, 0.1) is 0 Å². The van der Waals surface area contributed by atoms with E-state index in [0.717, 1.165) is 5.46 Å². The van der Waals surface area contributed by atoms with Crippen LogP contribution in [0.2, 0.25) is 0 Å². The van der Waals surface area contributed by atoms with Gasteiger partial charge in [0.15, 0.2) is 0 Å². The summed E-state index contributed by atoms with van der Waals surface area (Å²) in [4.78, 5) is 15.4. The number of nitrogens with two attached hydrogens (primary N) is 1. The third-order valence-electron chi connectivity index (χ3n) is 4.03. The van der Waals surface area contributed by atoms with Gasteiger partial charge in [-0.2, -0.15) is 0 Å². The quantitative estimate of drug-likeness (QED) is 0.836. The molecule has 0 spiro atoms. The van der Waals surface area contributed by atoms with E-state index in [4.69, 9.17) is 15.0 Å². The van der Waals surface area contributed by atoms with Crippen molar-refractivity contribution in [2.45, 2.75) is 52.2 Å². The molecule has 1 aliphatic heterocycles. The van der Waals surface area contributed by atoms with Crippen molar-refractivity contribution in [2.75, 3.05) is 5.73 Å². The van der Waals surface area contributed by atoms with Gasteiger partial charge >= 0.3 is 7.12 Å². The number of rotatable bonds is 3. The number of Topliss-reactive ketones (excluding diaryl/α,β-unsaturated/α-hetero) is 1. The van der Waals surface area contributed by atoms with Crippen molar-refractivity contribution in [1.29, 1.82) is 0 Å². The Morgan fingerprint density at radius 3 is 2.35 bits per heavy atom. The van der Waals surface area contributed by atoms with Crippen LogP contribution in [0.4, 0.5) is 5.69 Å². The Kier molecular flexibility index (Phi) is 3.65. The topological polar surface area (TPSA) is 74.4 Å². The van der Waals surface area contributed by atoms with Gasteiger partial charge in [0.25, 0.3) is 0 Å². The fourth-order valence-corrected chi connectivity index (χ4v) is 2.09. The first-order valence-corrected chi connectivity index (χ1v) is 6.72. The average Bonchev–Trinajstić information content (AvgIpc) is 2.50. The molecule has 108 valence electrons. The number of aromatic nitrogens is 1. The molecule has 1 saturated heterocycles. The number of nitrogen functional groups attached to an aromatic ring is 1. The lowest BCUT2D eigenvalue weighted by molar-refractivity contribution is -0.116. The predicted octanol–water partition coefficient (Wildman–Crippen LogP) is 1.09. The highest BCUT2D eigenvalue weighted by atomic mass is 16.7. The zero-order valence-electron chi connectivity index (χ0n) is 12.7. The second-order valence-corrected chi connectivity index (χ2v) is 6.23. The van der Waals surface area contributed by atoms with Crippen LogP contribution in [-0.2, 0) is 20.5 Å². The van der Waals surface area contributed by atoms with Crippen molar-refractivity contribution >= 4 is 24.1 Å². The molecule has 2 N–H and O–H groups in total. The summed E-state index contributed by atoms with van der Waals surface area (Å²) in [5.74, 6) is 0.0234. The molecule has 6 heteroatoms. The first-order valence-electron chi connectivity index (χ1n) is 6.72. The number of carbonyl (C=O) groups is 1. The molecule has 0 bridgehead atoms. The second-order valence-electron chi connectivity index (χ2n) is 6.23. The van der Waals surface area contributed by atoms with Crippen LogP contribution < -0.4 is 11.2 Å². The van der Waals surface area contributed by atoms with Crippen LogP contribution in [0.25, 0.3) is 0 Å². The van der Waals surface area contributed by atoms with Gasteiger partial charge in [0.2, 0.25) is 0 Å². The van der Waals surface area contributed by atoms with Crippen LogP contribution in [0.1, 0.15) is 40.3 Å². The van der Waals surface area contributed by atoms with Gasteiger partial charge in [-0.15, -0.1) is 0 Å². The van der Waals surface area contributed by atoms with Gasteiger partial charge < -0.3 is 15.0 Å². The smallest absolute Gasteiger partial charge is 0.399 e. The third-order valence-corrected chi connectivity index (χ3v) is 4.03. The molecule has 1 aromatic rings. The Balaban J connectivity index is 2.34. The standard InChI is InChI=1S/C14H21BN2O3/c1-9(18)8-11-12(16)10(6-7-17-11)15-19-13(2,3)14(4,5)20-15/h6-7H,8,16H2,1-5H3. The molecule has 2 rings (SSSR count). The van der Waals surface area contributed by atoms with Crippen molar-refractivity contribution < 1.29 is 14.1 Å². The first kappa shape index (κ1) is 15.0. The second kappa shape index (κ2) is 4.86. The molecular weight excluding hydrogens is 255 g/mol. The van der Waals surface area contributed by atoms with E-state index in [9.17, 15) is 4.79 Å². The van der Waals surface area contributed by atoms with E-state index in [0.29, 0.717) is 11.4 Å². The van der Waals surface area contributed by atoms with E-state index in [1.54, 1.807) is 12.3 Å². The number of anilines is 1. The molecule has 2 heterocycles. The Bertz CT molecular complexity index is 527. The SMILES string of the molecule is CC(=O)Cc1nccc(B2OC(C)(C)C(C)(C)O2)c1N. The third kappa shape index (κ3) is 2.58. The summed E-state index contributed by atoms with van der Waals surface area (Å²) in [6.07, 6.45) is 1.86. The molecule has 0 amide bonds. The Morgan fingerprint density at radius 1 is 1.30 bits per heavy atom. The average molecular weight is 276 g/mol. The van der Waals surface area contributed by atoms with E-state index in [-0.39, 0.29) is 12.2 Å². The van der Waals surface area contributed by atoms with E-state index < -0.39 is 18.3 Å². The van der Waals surface area contributed by atoms with Crippen molar-refractivity contribution in [3.05, 3.63) is 18.0 Å². The summed E-state index contributed by atoms with van der Waals surface area (Å²) >= 11 is 0. The molecule has 0 aromatic carbocycles. The highest BCUT2D eigenvalue weighted by Crippen LogP contribution is 2.36. The van der Waals surface area contributed by atoms with Gasteiger partial charge in [-0.1, -0.05) is 0 Å². The number of hydrogen-bond acceptors (Lipinski definition) is 5. The molecule has 1 aliphatic rings. The Labute approximate surface area is 120 Å². The fraction of sp³-hybridized carbons (Fsp3) is 0.571. The van der Waals surface area contributed by atoms with E-state index in [1.165, 1.54) is 6.92 Å². The van der Waals surface area contributed by atoms with Gasteiger partial charge in [-0.25, -0.2) is 0 Å². The summed E-state index contributed by atoms with van der Waals surface area (Å²) in [5, 5.41) is 0. The number of pyridine rings is 1. The van der Waals surface area contributed by atoms with Crippen molar-refractivity contribution in [3.63, 3.8) is 0 Å². The minimum absolute atomic E-state index is 0.0234. The van der Waals surface area contributed by atoms with Gasteiger partial charge in [0.1, 0.15) is 5.78 Å². The van der Waals surface area contributed by atoms with E-state index in [1.807, 2.05) is 27.7 Å².